The van der Waals surface area contributed by atoms with Crippen LogP contribution in [0.4, 0.5) is 5.69 Å². The number of rotatable bonds is 4. The number of methoxy groups -OCH3 is 1. The van der Waals surface area contributed by atoms with E-state index in [-0.39, 0.29) is 11.5 Å². The average molecular weight is 394 g/mol. The monoisotopic (exact) mass is 394 g/mol. The number of H-pyrrole nitrogens is 1. The highest BCUT2D eigenvalue weighted by Crippen LogP contribution is 2.22. The van der Waals surface area contributed by atoms with Crippen molar-refractivity contribution in [2.45, 2.75) is 0 Å². The Morgan fingerprint density at radius 1 is 1.10 bits per heavy atom. The van der Waals surface area contributed by atoms with Crippen molar-refractivity contribution in [3.8, 4) is 17.0 Å². The Hall–Kier alpha value is -3.62. The molecule has 2 aromatic heterocycles. The van der Waals surface area contributed by atoms with Gasteiger partial charge in [0.1, 0.15) is 11.4 Å². The van der Waals surface area contributed by atoms with Gasteiger partial charge in [-0.3, -0.25) is 14.7 Å². The van der Waals surface area contributed by atoms with E-state index in [9.17, 15) is 9.59 Å². The van der Waals surface area contributed by atoms with Gasteiger partial charge < -0.3 is 14.5 Å². The Labute approximate surface area is 167 Å². The van der Waals surface area contributed by atoms with Gasteiger partial charge in [0.2, 0.25) is 0 Å². The molecule has 4 rings (SSSR count). The van der Waals surface area contributed by atoms with Crippen LogP contribution in [-0.4, -0.2) is 64.1 Å². The minimum Gasteiger partial charge on any atom is -0.497 e. The summed E-state index contributed by atoms with van der Waals surface area (Å²) in [6.45, 7) is 2.40. The summed E-state index contributed by atoms with van der Waals surface area (Å²) in [6, 6.07) is 10.9. The molecule has 0 atom stereocenters. The largest absolute Gasteiger partial charge is 0.497 e. The van der Waals surface area contributed by atoms with Crippen molar-refractivity contribution in [2.24, 2.45) is 7.05 Å². The van der Waals surface area contributed by atoms with E-state index in [1.165, 1.54) is 4.68 Å². The summed E-state index contributed by atoms with van der Waals surface area (Å²) in [5.74, 6) is 0.684. The smallest absolute Gasteiger partial charge is 0.272 e. The van der Waals surface area contributed by atoms with Crippen molar-refractivity contribution in [3.63, 3.8) is 0 Å². The van der Waals surface area contributed by atoms with E-state index >= 15 is 0 Å². The number of ether oxygens (including phenoxy) is 1. The zero-order valence-corrected chi connectivity index (χ0v) is 16.3. The van der Waals surface area contributed by atoms with Crippen molar-refractivity contribution >= 4 is 11.6 Å². The van der Waals surface area contributed by atoms with Crippen molar-refractivity contribution in [1.29, 1.82) is 0 Å². The first kappa shape index (κ1) is 18.7. The second kappa shape index (κ2) is 7.78. The fourth-order valence-electron chi connectivity index (χ4n) is 3.31. The lowest BCUT2D eigenvalue weighted by atomic mass is 10.1. The molecule has 1 aromatic carbocycles. The predicted molar refractivity (Wildman–Crippen MR) is 108 cm³/mol. The molecule has 0 unspecified atom stereocenters. The van der Waals surface area contributed by atoms with Crippen LogP contribution in [0, 0.1) is 0 Å². The number of amides is 1. The summed E-state index contributed by atoms with van der Waals surface area (Å²) in [4.78, 5) is 28.5. The van der Waals surface area contributed by atoms with Crippen LogP contribution in [0.5, 0.6) is 5.75 Å². The van der Waals surface area contributed by atoms with E-state index < -0.39 is 0 Å². The lowest BCUT2D eigenvalue weighted by Gasteiger charge is -2.35. The predicted octanol–water partition coefficient (Wildman–Crippen LogP) is 1.14. The van der Waals surface area contributed by atoms with E-state index in [0.29, 0.717) is 37.6 Å². The first-order valence-corrected chi connectivity index (χ1v) is 9.32. The van der Waals surface area contributed by atoms with Gasteiger partial charge in [-0.05, 0) is 30.3 Å². The van der Waals surface area contributed by atoms with Gasteiger partial charge in [-0.25, -0.2) is 4.68 Å². The second-order valence-electron chi connectivity index (χ2n) is 6.85. The van der Waals surface area contributed by atoms with Gasteiger partial charge in [0.15, 0.2) is 0 Å². The lowest BCUT2D eigenvalue weighted by molar-refractivity contribution is 0.0741. The maximum atomic E-state index is 12.8. The van der Waals surface area contributed by atoms with Crippen LogP contribution in [0.15, 0.2) is 47.4 Å². The summed E-state index contributed by atoms with van der Waals surface area (Å²) in [6.07, 6.45) is 1.68. The highest BCUT2D eigenvalue weighted by molar-refractivity contribution is 5.93. The minimum absolute atomic E-state index is 0.0842. The molecule has 0 radical (unpaired) electrons. The van der Waals surface area contributed by atoms with Crippen LogP contribution in [0.1, 0.15) is 10.5 Å². The van der Waals surface area contributed by atoms with Crippen molar-refractivity contribution < 1.29 is 9.53 Å². The molecule has 0 spiro atoms. The Kier molecular flexibility index (Phi) is 5.03. The molecule has 150 valence electrons. The number of nitrogens with zero attached hydrogens (tertiary/aromatic N) is 5. The number of aromatic amines is 1. The van der Waals surface area contributed by atoms with E-state index in [1.807, 2.05) is 24.3 Å². The Morgan fingerprint density at radius 2 is 1.83 bits per heavy atom. The Balaban J connectivity index is 1.41. The molecule has 3 heterocycles. The molecule has 0 saturated carbocycles. The summed E-state index contributed by atoms with van der Waals surface area (Å²) in [5.41, 5.74) is 2.71. The number of aromatic nitrogens is 4. The van der Waals surface area contributed by atoms with Gasteiger partial charge in [0.05, 0.1) is 24.7 Å². The molecule has 9 nitrogen and oxygen atoms in total. The van der Waals surface area contributed by atoms with Crippen LogP contribution < -0.4 is 15.2 Å². The van der Waals surface area contributed by atoms with Crippen LogP contribution in [-0.2, 0) is 7.05 Å². The first-order valence-electron chi connectivity index (χ1n) is 9.32. The number of piperazine rings is 1. The molecule has 1 saturated heterocycles. The number of hydrogen-bond donors (Lipinski definition) is 1. The van der Waals surface area contributed by atoms with Gasteiger partial charge in [0, 0.05) is 44.9 Å². The van der Waals surface area contributed by atoms with Crippen molar-refractivity contribution in [1.82, 2.24) is 24.9 Å². The summed E-state index contributed by atoms with van der Waals surface area (Å²) >= 11 is 0. The molecule has 1 N–H and O–H groups in total. The highest BCUT2D eigenvalue weighted by atomic mass is 16.5. The molecule has 9 heteroatoms. The molecule has 1 aliphatic heterocycles. The topological polar surface area (TPSA) is 96.4 Å². The Bertz CT molecular complexity index is 1060. The van der Waals surface area contributed by atoms with Crippen LogP contribution in [0.2, 0.25) is 0 Å². The number of nitrogens with one attached hydrogen (secondary N) is 1. The number of carbonyl (C=O) groups is 1. The van der Waals surface area contributed by atoms with Crippen LogP contribution >= 0.6 is 0 Å². The van der Waals surface area contributed by atoms with Gasteiger partial charge in [-0.15, -0.1) is 0 Å². The van der Waals surface area contributed by atoms with E-state index in [4.69, 9.17) is 4.74 Å². The van der Waals surface area contributed by atoms with Crippen molar-refractivity contribution in [2.75, 3.05) is 38.2 Å². The zero-order valence-electron chi connectivity index (χ0n) is 16.3. The van der Waals surface area contributed by atoms with Crippen molar-refractivity contribution in [3.05, 3.63) is 58.6 Å². The molecule has 1 aliphatic rings. The maximum Gasteiger partial charge on any atom is 0.272 e. The average Bonchev–Trinajstić information content (AvgIpc) is 3.25. The minimum atomic E-state index is -0.149. The number of aryl methyl sites for hydroxylation is 1. The third-order valence-corrected chi connectivity index (χ3v) is 5.08. The first-order chi connectivity index (χ1) is 14.0. The number of carbonyl (C=O) groups excluding carboxylic acids is 1. The van der Waals surface area contributed by atoms with Crippen LogP contribution in [0.25, 0.3) is 11.3 Å². The molecule has 1 fully saturated rings. The van der Waals surface area contributed by atoms with Gasteiger partial charge in [-0.2, -0.15) is 10.2 Å². The van der Waals surface area contributed by atoms with Crippen LogP contribution in [0.3, 0.4) is 0 Å². The number of anilines is 1. The van der Waals surface area contributed by atoms with E-state index in [1.54, 1.807) is 37.4 Å². The summed E-state index contributed by atoms with van der Waals surface area (Å²) in [7, 11) is 3.24. The molecular formula is C20H22N6O3. The normalized spacial score (nSPS) is 14.1. The maximum absolute atomic E-state index is 12.8. The quantitative estimate of drug-likeness (QED) is 0.713. The standard InChI is InChI=1S/C20H22N6O3/c1-24-19(27)11-15(13-21-24)25-7-9-26(10-8-25)20(28)18-12-17(22-23-18)14-3-5-16(29-2)6-4-14/h3-6,11-13H,7-10H2,1-2H3,(H,22,23). The van der Waals surface area contributed by atoms with Gasteiger partial charge in [0.25, 0.3) is 11.5 Å². The van der Waals surface area contributed by atoms with Gasteiger partial charge >= 0.3 is 0 Å². The molecule has 1 amide bonds. The summed E-state index contributed by atoms with van der Waals surface area (Å²) in [5, 5.41) is 11.2. The number of benzene rings is 1. The lowest BCUT2D eigenvalue weighted by Crippen LogP contribution is -2.49. The van der Waals surface area contributed by atoms with E-state index in [0.717, 1.165) is 17.0 Å². The fourth-order valence-corrected chi connectivity index (χ4v) is 3.31. The fraction of sp³-hybridized carbons (Fsp3) is 0.300. The molecular weight excluding hydrogens is 372 g/mol. The second-order valence-corrected chi connectivity index (χ2v) is 6.85. The molecule has 0 bridgehead atoms. The molecule has 3 aromatic rings. The van der Waals surface area contributed by atoms with Gasteiger partial charge in [-0.1, -0.05) is 0 Å². The van der Waals surface area contributed by atoms with E-state index in [2.05, 4.69) is 20.2 Å². The summed E-state index contributed by atoms with van der Waals surface area (Å²) < 4.78 is 6.46. The molecule has 29 heavy (non-hydrogen) atoms. The zero-order chi connectivity index (χ0) is 20.4. The SMILES string of the molecule is COc1ccc(-c2cc(C(=O)N3CCN(c4cnn(C)c(=O)c4)CC3)[nH]n2)cc1. The highest BCUT2D eigenvalue weighted by Gasteiger charge is 2.24. The Morgan fingerprint density at radius 3 is 2.48 bits per heavy atom. The number of hydrogen-bond acceptors (Lipinski definition) is 6. The molecule has 0 aliphatic carbocycles. The third kappa shape index (κ3) is 3.84. The third-order valence-electron chi connectivity index (χ3n) is 5.08.